The normalized spacial score (nSPS) is 14.3. The Balaban J connectivity index is 1.31. The molecule has 0 bridgehead atoms. The Morgan fingerprint density at radius 3 is 2.65 bits per heavy atom. The van der Waals surface area contributed by atoms with Gasteiger partial charge >= 0.3 is 0 Å². The Labute approximate surface area is 189 Å². The summed E-state index contributed by atoms with van der Waals surface area (Å²) >= 11 is 3.12. The molecule has 0 amide bonds. The number of aromatic nitrogens is 3. The van der Waals surface area contributed by atoms with E-state index in [0.29, 0.717) is 11.5 Å². The number of rotatable bonds is 6. The average Bonchev–Trinajstić information content (AvgIpc) is 3.22. The molecule has 2 aromatic carbocycles. The van der Waals surface area contributed by atoms with E-state index in [1.165, 1.54) is 27.0 Å². The topological polar surface area (TPSA) is 50.5 Å². The summed E-state index contributed by atoms with van der Waals surface area (Å²) in [7, 11) is 0. The monoisotopic (exact) mass is 446 g/mol. The minimum absolute atomic E-state index is 0.0271. The minimum atomic E-state index is -0.0271. The maximum Gasteiger partial charge on any atom is 0.279 e. The maximum absolute atomic E-state index is 13.1. The fourth-order valence-corrected chi connectivity index (χ4v) is 5.52. The summed E-state index contributed by atoms with van der Waals surface area (Å²) in [6.07, 6.45) is 5.02. The Hall–Kier alpha value is -2.74. The van der Waals surface area contributed by atoms with Gasteiger partial charge in [-0.3, -0.25) is 9.69 Å². The van der Waals surface area contributed by atoms with Crippen molar-refractivity contribution in [2.24, 2.45) is 0 Å². The van der Waals surface area contributed by atoms with Crippen LogP contribution in [0, 0.1) is 0 Å². The van der Waals surface area contributed by atoms with Gasteiger partial charge < -0.3 is 0 Å². The third kappa shape index (κ3) is 4.63. The van der Waals surface area contributed by atoms with Gasteiger partial charge in [0.25, 0.3) is 5.56 Å². The van der Waals surface area contributed by atoms with Gasteiger partial charge in [-0.15, -0.1) is 5.10 Å². The Morgan fingerprint density at radius 1 is 1.06 bits per heavy atom. The zero-order valence-corrected chi connectivity index (χ0v) is 18.6. The zero-order chi connectivity index (χ0) is 21.0. The SMILES string of the molecule is O=c1c2c(nc3sc(SCC=Cc4ccccc4)nn13)CCN(Cc1ccccc1)C2. The molecular formula is C24H22N4OS2. The first-order valence-corrected chi connectivity index (χ1v) is 12.1. The lowest BCUT2D eigenvalue weighted by atomic mass is 10.1. The van der Waals surface area contributed by atoms with E-state index >= 15 is 0 Å². The lowest BCUT2D eigenvalue weighted by molar-refractivity contribution is 0.241. The highest BCUT2D eigenvalue weighted by atomic mass is 32.2. The first-order chi connectivity index (χ1) is 15.3. The smallest absolute Gasteiger partial charge is 0.279 e. The van der Waals surface area contributed by atoms with Gasteiger partial charge in [-0.1, -0.05) is 95.9 Å². The quantitative estimate of drug-likeness (QED) is 0.408. The van der Waals surface area contributed by atoms with E-state index in [0.717, 1.165) is 40.9 Å². The van der Waals surface area contributed by atoms with E-state index in [9.17, 15) is 4.79 Å². The lowest BCUT2D eigenvalue weighted by Gasteiger charge is -2.27. The van der Waals surface area contributed by atoms with Crippen molar-refractivity contribution in [3.63, 3.8) is 0 Å². The molecule has 0 radical (unpaired) electrons. The number of fused-ring (bicyclic) bond motifs is 2. The van der Waals surface area contributed by atoms with Crippen LogP contribution in [0.4, 0.5) is 0 Å². The van der Waals surface area contributed by atoms with Crippen LogP contribution in [0.1, 0.15) is 22.4 Å². The van der Waals surface area contributed by atoms with Crippen LogP contribution in [0.5, 0.6) is 0 Å². The number of hydrogen-bond donors (Lipinski definition) is 0. The van der Waals surface area contributed by atoms with Crippen LogP contribution in [-0.4, -0.2) is 31.8 Å². The van der Waals surface area contributed by atoms with Gasteiger partial charge in [0.05, 0.1) is 11.3 Å². The number of benzene rings is 2. The van der Waals surface area contributed by atoms with Gasteiger partial charge in [0.15, 0.2) is 4.34 Å². The Kier molecular flexibility index (Phi) is 5.97. The summed E-state index contributed by atoms with van der Waals surface area (Å²) in [6, 6.07) is 20.6. The Morgan fingerprint density at radius 2 is 1.84 bits per heavy atom. The third-order valence-electron chi connectivity index (χ3n) is 5.28. The van der Waals surface area contributed by atoms with Crippen molar-refractivity contribution in [1.82, 2.24) is 19.5 Å². The maximum atomic E-state index is 13.1. The molecule has 0 unspecified atom stereocenters. The van der Waals surface area contributed by atoms with Crippen LogP contribution < -0.4 is 5.56 Å². The lowest BCUT2D eigenvalue weighted by Crippen LogP contribution is -2.36. The van der Waals surface area contributed by atoms with Crippen molar-refractivity contribution < 1.29 is 0 Å². The van der Waals surface area contributed by atoms with Crippen LogP contribution in [0.15, 0.2) is 75.9 Å². The summed E-state index contributed by atoms with van der Waals surface area (Å²) in [5, 5.41) is 4.54. The van der Waals surface area contributed by atoms with Gasteiger partial charge in [0.2, 0.25) is 4.96 Å². The fourth-order valence-electron chi connectivity index (χ4n) is 3.74. The van der Waals surface area contributed by atoms with Crippen LogP contribution in [0.25, 0.3) is 11.0 Å². The van der Waals surface area contributed by atoms with Crippen molar-refractivity contribution in [3.05, 3.63) is 99.5 Å². The van der Waals surface area contributed by atoms with Gasteiger partial charge in [-0.2, -0.15) is 4.52 Å². The molecule has 5 nitrogen and oxygen atoms in total. The van der Waals surface area contributed by atoms with Gasteiger partial charge in [0, 0.05) is 31.8 Å². The van der Waals surface area contributed by atoms with E-state index in [2.05, 4.69) is 58.5 Å². The highest BCUT2D eigenvalue weighted by Gasteiger charge is 2.23. The number of nitrogens with zero attached hydrogens (tertiary/aromatic N) is 4. The molecule has 0 aliphatic carbocycles. The Bertz CT molecular complexity index is 1270. The van der Waals surface area contributed by atoms with Crippen LogP contribution in [0.2, 0.25) is 0 Å². The minimum Gasteiger partial charge on any atom is -0.294 e. The molecule has 0 N–H and O–H groups in total. The molecule has 0 atom stereocenters. The summed E-state index contributed by atoms with van der Waals surface area (Å²) in [6.45, 7) is 2.38. The fraction of sp³-hybridized carbons (Fsp3) is 0.208. The van der Waals surface area contributed by atoms with Gasteiger partial charge in [-0.05, 0) is 11.1 Å². The second-order valence-corrected chi connectivity index (χ2v) is 9.70. The highest BCUT2D eigenvalue weighted by molar-refractivity contribution is 8.01. The largest absolute Gasteiger partial charge is 0.294 e. The van der Waals surface area contributed by atoms with E-state index in [4.69, 9.17) is 4.98 Å². The molecule has 0 saturated heterocycles. The van der Waals surface area contributed by atoms with Crippen LogP contribution in [-0.2, 0) is 19.5 Å². The van der Waals surface area contributed by atoms with E-state index in [-0.39, 0.29) is 5.56 Å². The van der Waals surface area contributed by atoms with Crippen LogP contribution in [0.3, 0.4) is 0 Å². The summed E-state index contributed by atoms with van der Waals surface area (Å²) < 4.78 is 2.35. The molecule has 0 fully saturated rings. The van der Waals surface area contributed by atoms with Crippen molar-refractivity contribution in [2.75, 3.05) is 12.3 Å². The zero-order valence-electron chi connectivity index (χ0n) is 17.0. The summed E-state index contributed by atoms with van der Waals surface area (Å²) in [4.78, 5) is 20.9. The first kappa shape index (κ1) is 20.2. The van der Waals surface area contributed by atoms with E-state index in [1.54, 1.807) is 11.8 Å². The molecule has 2 aromatic heterocycles. The molecule has 156 valence electrons. The van der Waals surface area contributed by atoms with Gasteiger partial charge in [-0.25, -0.2) is 4.98 Å². The molecule has 4 aromatic rings. The van der Waals surface area contributed by atoms with Crippen molar-refractivity contribution in [1.29, 1.82) is 0 Å². The molecule has 31 heavy (non-hydrogen) atoms. The third-order valence-corrected chi connectivity index (χ3v) is 7.27. The summed E-state index contributed by atoms with van der Waals surface area (Å²) in [5.74, 6) is 0.800. The standard InChI is InChI=1S/C24H22N4OS2/c29-22-20-17-27(16-19-10-5-2-6-11-19)14-13-21(20)25-23-28(22)26-24(31-23)30-15-7-12-18-8-3-1-4-9-18/h1-12H,13-17H2. The molecule has 1 aliphatic rings. The molecule has 3 heterocycles. The first-order valence-electron chi connectivity index (χ1n) is 10.3. The molecule has 0 spiro atoms. The predicted molar refractivity (Wildman–Crippen MR) is 128 cm³/mol. The molecule has 1 aliphatic heterocycles. The van der Waals surface area contributed by atoms with E-state index < -0.39 is 0 Å². The molecule has 0 saturated carbocycles. The van der Waals surface area contributed by atoms with Gasteiger partial charge in [0.1, 0.15) is 0 Å². The predicted octanol–water partition coefficient (Wildman–Crippen LogP) is 4.51. The van der Waals surface area contributed by atoms with Crippen molar-refractivity contribution >= 4 is 34.1 Å². The van der Waals surface area contributed by atoms with Crippen molar-refractivity contribution in [3.8, 4) is 0 Å². The average molecular weight is 447 g/mol. The van der Waals surface area contributed by atoms with Crippen molar-refractivity contribution in [2.45, 2.75) is 23.8 Å². The number of thioether (sulfide) groups is 1. The summed E-state index contributed by atoms with van der Waals surface area (Å²) in [5.41, 5.74) is 4.12. The molecule has 5 rings (SSSR count). The number of hydrogen-bond acceptors (Lipinski definition) is 6. The van der Waals surface area contributed by atoms with Crippen LogP contribution >= 0.6 is 23.1 Å². The second-order valence-electron chi connectivity index (χ2n) is 7.47. The van der Waals surface area contributed by atoms with E-state index in [1.807, 2.05) is 24.3 Å². The highest BCUT2D eigenvalue weighted by Crippen LogP contribution is 2.25. The second kappa shape index (κ2) is 9.18. The molecule has 7 heteroatoms. The molecular weight excluding hydrogens is 424 g/mol.